The summed E-state index contributed by atoms with van der Waals surface area (Å²) in [5.74, 6) is 1.01. The lowest BCUT2D eigenvalue weighted by Crippen LogP contribution is -2.15. The van der Waals surface area contributed by atoms with Crippen LogP contribution in [0.25, 0.3) is 5.52 Å². The van der Waals surface area contributed by atoms with E-state index in [0.29, 0.717) is 5.15 Å². The summed E-state index contributed by atoms with van der Waals surface area (Å²) in [5, 5.41) is 0.512. The van der Waals surface area contributed by atoms with Gasteiger partial charge in [-0.2, -0.15) is 0 Å². The first-order chi connectivity index (χ1) is 7.91. The van der Waals surface area contributed by atoms with Crippen LogP contribution >= 0.6 is 11.6 Å². The maximum atomic E-state index is 6.05. The van der Waals surface area contributed by atoms with Gasteiger partial charge in [0.15, 0.2) is 5.15 Å². The van der Waals surface area contributed by atoms with Gasteiger partial charge in [-0.3, -0.25) is 4.40 Å². The van der Waals surface area contributed by atoms with E-state index in [4.69, 9.17) is 11.6 Å². The molecule has 2 aromatic heterocycles. The van der Waals surface area contributed by atoms with E-state index in [2.05, 4.69) is 30.7 Å². The number of hydrogen-bond acceptors (Lipinski definition) is 2. The van der Waals surface area contributed by atoms with Gasteiger partial charge in [-0.25, -0.2) is 9.97 Å². The molecule has 0 aliphatic rings. The third-order valence-corrected chi connectivity index (χ3v) is 2.63. The quantitative estimate of drug-likeness (QED) is 0.710. The molecule has 0 bridgehead atoms. The Morgan fingerprint density at radius 1 is 1.24 bits per heavy atom. The average molecular weight is 254 g/mol. The van der Waals surface area contributed by atoms with Crippen molar-refractivity contribution in [1.82, 2.24) is 14.4 Å². The lowest BCUT2D eigenvalue weighted by molar-refractivity contribution is 0.542. The number of hydrogen-bond donors (Lipinski definition) is 0. The van der Waals surface area contributed by atoms with Crippen molar-refractivity contribution in [1.29, 1.82) is 0 Å². The van der Waals surface area contributed by atoms with Gasteiger partial charge in [-0.15, -0.1) is 0 Å². The third-order valence-electron chi connectivity index (χ3n) is 2.36. The smallest absolute Gasteiger partial charge is 0.154 e. The number of halogens is 1. The predicted octanol–water partition coefficient (Wildman–Crippen LogP) is 4.01. The van der Waals surface area contributed by atoms with E-state index in [9.17, 15) is 0 Å². The van der Waals surface area contributed by atoms with Crippen LogP contribution in [0.4, 0.5) is 0 Å². The highest BCUT2D eigenvalue weighted by Gasteiger charge is 2.22. The predicted molar refractivity (Wildman–Crippen MR) is 72.8 cm³/mol. The van der Waals surface area contributed by atoms with Crippen molar-refractivity contribution < 1.29 is 0 Å². The SMILES string of the molecule is CC.Cc1nc(C(C)(C)C)n2ccnc(Cl)c12. The minimum atomic E-state index is 0.00184. The molecule has 0 amide bonds. The third kappa shape index (κ3) is 2.60. The molecule has 94 valence electrons. The fraction of sp³-hybridized carbons (Fsp3) is 0.538. The second kappa shape index (κ2) is 5.05. The molecule has 0 atom stereocenters. The molecule has 0 fully saturated rings. The van der Waals surface area contributed by atoms with Crippen LogP contribution < -0.4 is 0 Å². The maximum Gasteiger partial charge on any atom is 0.154 e. The molecule has 2 heterocycles. The van der Waals surface area contributed by atoms with Gasteiger partial charge in [-0.1, -0.05) is 46.2 Å². The number of fused-ring (bicyclic) bond motifs is 1. The molecular formula is C13H20ClN3. The zero-order chi connectivity index (χ0) is 13.2. The number of rotatable bonds is 0. The summed E-state index contributed by atoms with van der Waals surface area (Å²) >= 11 is 6.05. The molecule has 0 aliphatic carbocycles. The number of aromatic nitrogens is 3. The molecule has 2 aromatic rings. The van der Waals surface area contributed by atoms with Crippen molar-refractivity contribution in [2.75, 3.05) is 0 Å². The van der Waals surface area contributed by atoms with E-state index in [1.807, 2.05) is 31.4 Å². The summed E-state index contributed by atoms with van der Waals surface area (Å²) in [4.78, 5) is 8.63. The Morgan fingerprint density at radius 3 is 2.35 bits per heavy atom. The maximum absolute atomic E-state index is 6.05. The Hall–Kier alpha value is -1.09. The molecule has 3 nitrogen and oxygen atoms in total. The van der Waals surface area contributed by atoms with Gasteiger partial charge in [0.05, 0.1) is 5.69 Å². The van der Waals surface area contributed by atoms with Crippen molar-refractivity contribution >= 4 is 17.1 Å². The summed E-state index contributed by atoms with van der Waals surface area (Å²) in [7, 11) is 0. The van der Waals surface area contributed by atoms with E-state index < -0.39 is 0 Å². The highest BCUT2D eigenvalue weighted by molar-refractivity contribution is 6.32. The van der Waals surface area contributed by atoms with E-state index in [-0.39, 0.29) is 5.41 Å². The number of aryl methyl sites for hydroxylation is 1. The van der Waals surface area contributed by atoms with E-state index in [0.717, 1.165) is 17.0 Å². The van der Waals surface area contributed by atoms with E-state index in [1.54, 1.807) is 6.20 Å². The van der Waals surface area contributed by atoms with Gasteiger partial charge < -0.3 is 0 Å². The average Bonchev–Trinajstić information content (AvgIpc) is 2.60. The van der Waals surface area contributed by atoms with Crippen molar-refractivity contribution in [3.05, 3.63) is 29.1 Å². The lowest BCUT2D eigenvalue weighted by atomic mass is 9.96. The number of imidazole rings is 1. The fourth-order valence-corrected chi connectivity index (χ4v) is 1.98. The first kappa shape index (κ1) is 14.0. The van der Waals surface area contributed by atoms with Gasteiger partial charge >= 0.3 is 0 Å². The first-order valence-electron chi connectivity index (χ1n) is 5.91. The van der Waals surface area contributed by atoms with Crippen LogP contribution in [0.5, 0.6) is 0 Å². The molecule has 0 radical (unpaired) electrons. The Labute approximate surface area is 108 Å². The van der Waals surface area contributed by atoms with Gasteiger partial charge in [0.25, 0.3) is 0 Å². The minimum Gasteiger partial charge on any atom is -0.299 e. The van der Waals surface area contributed by atoms with Crippen LogP contribution in [0.15, 0.2) is 12.4 Å². The molecule has 0 spiro atoms. The van der Waals surface area contributed by atoms with Crippen LogP contribution in [-0.4, -0.2) is 14.4 Å². The summed E-state index contributed by atoms with van der Waals surface area (Å²) in [6, 6.07) is 0. The lowest BCUT2D eigenvalue weighted by Gasteiger charge is -2.16. The van der Waals surface area contributed by atoms with Crippen molar-refractivity contribution in [2.24, 2.45) is 0 Å². The van der Waals surface area contributed by atoms with Crippen LogP contribution in [-0.2, 0) is 5.41 Å². The normalized spacial score (nSPS) is 11.2. The van der Waals surface area contributed by atoms with Crippen LogP contribution in [0.1, 0.15) is 46.1 Å². The molecule has 0 saturated heterocycles. The van der Waals surface area contributed by atoms with Crippen molar-refractivity contribution in [2.45, 2.75) is 47.0 Å². The zero-order valence-electron chi connectivity index (χ0n) is 11.4. The molecule has 0 aliphatic heterocycles. The number of nitrogens with zero attached hydrogens (tertiary/aromatic N) is 3. The molecule has 2 rings (SSSR count). The Kier molecular flexibility index (Phi) is 4.15. The van der Waals surface area contributed by atoms with Crippen LogP contribution in [0, 0.1) is 6.92 Å². The first-order valence-corrected chi connectivity index (χ1v) is 6.28. The topological polar surface area (TPSA) is 30.2 Å². The van der Waals surface area contributed by atoms with Gasteiger partial charge in [0, 0.05) is 17.8 Å². The molecule has 4 heteroatoms. The van der Waals surface area contributed by atoms with Gasteiger partial charge in [-0.05, 0) is 6.92 Å². The summed E-state index contributed by atoms with van der Waals surface area (Å²) < 4.78 is 2.02. The second-order valence-electron chi connectivity index (χ2n) is 4.71. The fourth-order valence-electron chi connectivity index (χ4n) is 1.70. The molecule has 0 saturated carbocycles. The van der Waals surface area contributed by atoms with E-state index in [1.165, 1.54) is 0 Å². The monoisotopic (exact) mass is 253 g/mol. The van der Waals surface area contributed by atoms with Gasteiger partial charge in [0.1, 0.15) is 11.3 Å². The molecule has 0 unspecified atom stereocenters. The second-order valence-corrected chi connectivity index (χ2v) is 5.07. The standard InChI is InChI=1S/C11H14ClN3.C2H6/c1-7-8-9(12)13-5-6-15(8)10(14-7)11(2,3)4;1-2/h5-6H,1-4H3;1-2H3. The minimum absolute atomic E-state index is 0.00184. The summed E-state index contributed by atoms with van der Waals surface area (Å²) in [5.41, 5.74) is 1.84. The molecule has 0 aromatic carbocycles. The van der Waals surface area contributed by atoms with Crippen LogP contribution in [0.2, 0.25) is 5.15 Å². The summed E-state index contributed by atoms with van der Waals surface area (Å²) in [6.07, 6.45) is 3.60. The Balaban J connectivity index is 0.000000686. The summed E-state index contributed by atoms with van der Waals surface area (Å²) in [6.45, 7) is 12.4. The van der Waals surface area contributed by atoms with E-state index >= 15 is 0 Å². The van der Waals surface area contributed by atoms with Crippen molar-refractivity contribution in [3.63, 3.8) is 0 Å². The highest BCUT2D eigenvalue weighted by atomic mass is 35.5. The molecular weight excluding hydrogens is 234 g/mol. The van der Waals surface area contributed by atoms with Crippen molar-refractivity contribution in [3.8, 4) is 0 Å². The zero-order valence-corrected chi connectivity index (χ0v) is 12.1. The molecule has 0 N–H and O–H groups in total. The Bertz CT molecular complexity index is 509. The Morgan fingerprint density at radius 2 is 1.82 bits per heavy atom. The largest absolute Gasteiger partial charge is 0.299 e. The highest BCUT2D eigenvalue weighted by Crippen LogP contribution is 2.26. The van der Waals surface area contributed by atoms with Crippen LogP contribution in [0.3, 0.4) is 0 Å². The van der Waals surface area contributed by atoms with Gasteiger partial charge in [0.2, 0.25) is 0 Å². The molecule has 17 heavy (non-hydrogen) atoms.